The Bertz CT molecular complexity index is 142. The molecular formula is C8H16N2O2. The molecule has 4 heteroatoms. The highest BCUT2D eigenvalue weighted by Crippen LogP contribution is 1.99. The number of nitrogens with zero attached hydrogens (tertiary/aromatic N) is 1. The summed E-state index contributed by atoms with van der Waals surface area (Å²) < 4.78 is 4.65. The van der Waals surface area contributed by atoms with Crippen LogP contribution in [-0.4, -0.2) is 44.3 Å². The fourth-order valence-corrected chi connectivity index (χ4v) is 1.32. The van der Waals surface area contributed by atoms with Crippen LogP contribution in [0.15, 0.2) is 0 Å². The number of ether oxygens (including phenoxy) is 1. The highest BCUT2D eigenvalue weighted by atomic mass is 16.5. The molecule has 1 rings (SSSR count). The van der Waals surface area contributed by atoms with Gasteiger partial charge in [0.2, 0.25) is 0 Å². The van der Waals surface area contributed by atoms with Gasteiger partial charge in [-0.3, -0.25) is 0 Å². The molecule has 0 radical (unpaired) electrons. The summed E-state index contributed by atoms with van der Waals surface area (Å²) in [6.45, 7) is 3.52. The van der Waals surface area contributed by atoms with Gasteiger partial charge in [-0.25, -0.2) is 4.79 Å². The summed E-state index contributed by atoms with van der Waals surface area (Å²) in [5.41, 5.74) is 0. The largest absolute Gasteiger partial charge is 0.453 e. The second kappa shape index (κ2) is 4.98. The van der Waals surface area contributed by atoms with Gasteiger partial charge in [-0.05, 0) is 19.4 Å². The first-order valence-electron chi connectivity index (χ1n) is 4.38. The zero-order chi connectivity index (χ0) is 8.81. The first-order chi connectivity index (χ1) is 5.84. The van der Waals surface area contributed by atoms with E-state index in [0.717, 1.165) is 39.0 Å². The van der Waals surface area contributed by atoms with Crippen LogP contribution >= 0.6 is 0 Å². The van der Waals surface area contributed by atoms with Crippen molar-refractivity contribution in [3.05, 3.63) is 0 Å². The molecule has 1 amide bonds. The summed E-state index contributed by atoms with van der Waals surface area (Å²) in [7, 11) is 1.43. The van der Waals surface area contributed by atoms with Crippen LogP contribution in [0.1, 0.15) is 12.8 Å². The summed E-state index contributed by atoms with van der Waals surface area (Å²) in [5, 5.41) is 3.25. The van der Waals surface area contributed by atoms with Crippen molar-refractivity contribution in [3.63, 3.8) is 0 Å². The number of amides is 1. The van der Waals surface area contributed by atoms with E-state index in [4.69, 9.17) is 0 Å². The maximum absolute atomic E-state index is 11.1. The van der Waals surface area contributed by atoms with Crippen molar-refractivity contribution >= 4 is 6.09 Å². The smallest absolute Gasteiger partial charge is 0.409 e. The second-order valence-electron chi connectivity index (χ2n) is 2.91. The Morgan fingerprint density at radius 3 is 2.92 bits per heavy atom. The van der Waals surface area contributed by atoms with Gasteiger partial charge >= 0.3 is 6.09 Å². The Kier molecular flexibility index (Phi) is 3.87. The van der Waals surface area contributed by atoms with Gasteiger partial charge in [0.25, 0.3) is 0 Å². The highest BCUT2D eigenvalue weighted by Gasteiger charge is 2.13. The fraction of sp³-hybridized carbons (Fsp3) is 0.875. The van der Waals surface area contributed by atoms with Crippen molar-refractivity contribution in [2.24, 2.45) is 0 Å². The summed E-state index contributed by atoms with van der Waals surface area (Å²) >= 11 is 0. The van der Waals surface area contributed by atoms with E-state index in [1.807, 2.05) is 0 Å². The zero-order valence-electron chi connectivity index (χ0n) is 7.51. The molecule has 1 aliphatic rings. The van der Waals surface area contributed by atoms with E-state index < -0.39 is 0 Å². The Balaban J connectivity index is 2.34. The minimum Gasteiger partial charge on any atom is -0.453 e. The third kappa shape index (κ3) is 2.70. The average Bonchev–Trinajstić information content (AvgIpc) is 2.02. The molecule has 0 aromatic rings. The number of carbonyl (C=O) groups excluding carboxylic acids is 1. The van der Waals surface area contributed by atoms with E-state index in [1.165, 1.54) is 7.11 Å². The van der Waals surface area contributed by atoms with Gasteiger partial charge < -0.3 is 15.0 Å². The van der Waals surface area contributed by atoms with Crippen molar-refractivity contribution in [1.82, 2.24) is 10.2 Å². The van der Waals surface area contributed by atoms with Gasteiger partial charge in [0.15, 0.2) is 0 Å². The molecule has 0 bridgehead atoms. The van der Waals surface area contributed by atoms with Crippen LogP contribution in [0, 0.1) is 0 Å². The first-order valence-corrected chi connectivity index (χ1v) is 4.38. The molecule has 0 aliphatic carbocycles. The number of methoxy groups -OCH3 is 1. The van der Waals surface area contributed by atoms with Gasteiger partial charge in [0.1, 0.15) is 0 Å². The number of nitrogens with one attached hydrogen (secondary N) is 1. The predicted octanol–water partition coefficient (Wildman–Crippen LogP) is 0.438. The molecule has 0 saturated carbocycles. The Labute approximate surface area is 72.9 Å². The molecule has 12 heavy (non-hydrogen) atoms. The van der Waals surface area contributed by atoms with Crippen molar-refractivity contribution in [3.8, 4) is 0 Å². The molecule has 1 saturated heterocycles. The van der Waals surface area contributed by atoms with Crippen LogP contribution in [0.5, 0.6) is 0 Å². The van der Waals surface area contributed by atoms with E-state index in [0.29, 0.717) is 0 Å². The molecule has 1 N–H and O–H groups in total. The van der Waals surface area contributed by atoms with Crippen molar-refractivity contribution in [1.29, 1.82) is 0 Å². The second-order valence-corrected chi connectivity index (χ2v) is 2.91. The molecule has 4 nitrogen and oxygen atoms in total. The summed E-state index contributed by atoms with van der Waals surface area (Å²) in [4.78, 5) is 12.9. The van der Waals surface area contributed by atoms with E-state index >= 15 is 0 Å². The van der Waals surface area contributed by atoms with Crippen molar-refractivity contribution < 1.29 is 9.53 Å². The molecule has 0 spiro atoms. The standard InChI is InChI=1S/C8H16N2O2/c1-12-8(11)10-6-3-2-4-9-5-7-10/h9H,2-7H2,1H3. The monoisotopic (exact) mass is 172 g/mol. The van der Waals surface area contributed by atoms with Crippen LogP contribution in [0.4, 0.5) is 4.79 Å². The van der Waals surface area contributed by atoms with Gasteiger partial charge in [-0.1, -0.05) is 0 Å². The number of hydrogen-bond acceptors (Lipinski definition) is 3. The van der Waals surface area contributed by atoms with Crippen molar-refractivity contribution in [2.75, 3.05) is 33.3 Å². The van der Waals surface area contributed by atoms with Gasteiger partial charge in [0, 0.05) is 19.6 Å². The predicted molar refractivity (Wildman–Crippen MR) is 46.1 cm³/mol. The molecule has 70 valence electrons. The molecule has 1 fully saturated rings. The maximum Gasteiger partial charge on any atom is 0.409 e. The third-order valence-corrected chi connectivity index (χ3v) is 2.02. The Morgan fingerprint density at radius 2 is 2.17 bits per heavy atom. The van der Waals surface area contributed by atoms with Gasteiger partial charge in [-0.2, -0.15) is 0 Å². The van der Waals surface area contributed by atoms with Crippen molar-refractivity contribution in [2.45, 2.75) is 12.8 Å². The quantitative estimate of drug-likeness (QED) is 0.576. The van der Waals surface area contributed by atoms with E-state index in [2.05, 4.69) is 10.1 Å². The Morgan fingerprint density at radius 1 is 1.33 bits per heavy atom. The molecule has 1 heterocycles. The minimum atomic E-state index is -0.210. The topological polar surface area (TPSA) is 41.6 Å². The summed E-state index contributed by atoms with van der Waals surface area (Å²) in [5.74, 6) is 0. The first kappa shape index (κ1) is 9.32. The SMILES string of the molecule is COC(=O)N1CCCCNCC1. The molecule has 0 unspecified atom stereocenters. The lowest BCUT2D eigenvalue weighted by Crippen LogP contribution is -2.39. The lowest BCUT2D eigenvalue weighted by atomic mass is 10.2. The van der Waals surface area contributed by atoms with Crippen LogP contribution in [-0.2, 0) is 4.74 Å². The summed E-state index contributed by atoms with van der Waals surface area (Å²) in [6, 6.07) is 0. The van der Waals surface area contributed by atoms with E-state index in [-0.39, 0.29) is 6.09 Å². The molecule has 0 aromatic heterocycles. The van der Waals surface area contributed by atoms with Gasteiger partial charge in [-0.15, -0.1) is 0 Å². The lowest BCUT2D eigenvalue weighted by molar-refractivity contribution is 0.121. The van der Waals surface area contributed by atoms with Crippen LogP contribution < -0.4 is 5.32 Å². The fourth-order valence-electron chi connectivity index (χ4n) is 1.32. The molecule has 1 aliphatic heterocycles. The number of hydrogen-bond donors (Lipinski definition) is 1. The number of carbonyl (C=O) groups is 1. The minimum absolute atomic E-state index is 0.210. The van der Waals surface area contributed by atoms with E-state index in [1.54, 1.807) is 4.90 Å². The average molecular weight is 172 g/mol. The lowest BCUT2D eigenvalue weighted by Gasteiger charge is -2.23. The zero-order valence-corrected chi connectivity index (χ0v) is 7.51. The van der Waals surface area contributed by atoms with Crippen LogP contribution in [0.2, 0.25) is 0 Å². The van der Waals surface area contributed by atoms with E-state index in [9.17, 15) is 4.79 Å². The Hall–Kier alpha value is -0.770. The highest BCUT2D eigenvalue weighted by molar-refractivity contribution is 5.67. The summed E-state index contributed by atoms with van der Waals surface area (Å²) in [6.07, 6.45) is 1.98. The number of rotatable bonds is 0. The normalized spacial score (nSPS) is 19.6. The molecule has 0 atom stereocenters. The van der Waals surface area contributed by atoms with Crippen LogP contribution in [0.25, 0.3) is 0 Å². The van der Waals surface area contributed by atoms with Gasteiger partial charge in [0.05, 0.1) is 7.11 Å². The third-order valence-electron chi connectivity index (χ3n) is 2.02. The maximum atomic E-state index is 11.1. The molecule has 0 aromatic carbocycles. The molecular weight excluding hydrogens is 156 g/mol. The van der Waals surface area contributed by atoms with Crippen LogP contribution in [0.3, 0.4) is 0 Å².